The topological polar surface area (TPSA) is 26.0 Å². The molecule has 1 saturated carbocycles. The van der Waals surface area contributed by atoms with Gasteiger partial charge in [-0.3, -0.25) is 0 Å². The van der Waals surface area contributed by atoms with Crippen LogP contribution in [0.4, 0.5) is 0 Å². The van der Waals surface area contributed by atoms with E-state index in [1.165, 1.54) is 25.7 Å². The average molecular weight is 169 g/mol. The monoisotopic (exact) mass is 169 g/mol. The molecule has 0 aromatic carbocycles. The third kappa shape index (κ3) is 2.22. The molecular weight excluding hydrogens is 146 g/mol. The van der Waals surface area contributed by atoms with E-state index in [-0.39, 0.29) is 0 Å². The van der Waals surface area contributed by atoms with Crippen LogP contribution >= 0.6 is 0 Å². The lowest BCUT2D eigenvalue weighted by molar-refractivity contribution is 0.112. The van der Waals surface area contributed by atoms with E-state index < -0.39 is 0 Å². The Morgan fingerprint density at radius 2 is 1.75 bits per heavy atom. The van der Waals surface area contributed by atoms with Gasteiger partial charge in [-0.15, -0.1) is 0 Å². The van der Waals surface area contributed by atoms with Crippen molar-refractivity contribution in [1.29, 1.82) is 0 Å². The summed E-state index contributed by atoms with van der Waals surface area (Å²) in [5.41, 5.74) is 6.25. The fraction of sp³-hybridized carbons (Fsp3) is 1.00. The summed E-state index contributed by atoms with van der Waals surface area (Å²) in [6, 6.07) is 0. The highest BCUT2D eigenvalue weighted by Gasteiger charge is 2.32. The molecule has 1 aliphatic carbocycles. The van der Waals surface area contributed by atoms with Crippen LogP contribution in [0.2, 0.25) is 0 Å². The number of nitrogens with two attached hydrogens (primary N) is 1. The van der Waals surface area contributed by atoms with Gasteiger partial charge >= 0.3 is 0 Å². The zero-order chi connectivity index (χ0) is 9.19. The van der Waals surface area contributed by atoms with Crippen LogP contribution in [0.15, 0.2) is 0 Å². The van der Waals surface area contributed by atoms with Gasteiger partial charge in [-0.25, -0.2) is 0 Å². The quantitative estimate of drug-likeness (QED) is 0.642. The lowest BCUT2D eigenvalue weighted by atomic mass is 9.66. The Morgan fingerprint density at radius 3 is 2.17 bits per heavy atom. The highest BCUT2D eigenvalue weighted by molar-refractivity contribution is 4.84. The molecule has 1 nitrogen and oxygen atoms in total. The maximum absolute atomic E-state index is 5.79. The van der Waals surface area contributed by atoms with Gasteiger partial charge in [0.05, 0.1) is 0 Å². The van der Waals surface area contributed by atoms with Gasteiger partial charge in [0, 0.05) is 0 Å². The van der Waals surface area contributed by atoms with Crippen molar-refractivity contribution >= 4 is 0 Å². The fourth-order valence-electron chi connectivity index (χ4n) is 2.63. The Labute approximate surface area is 76.7 Å². The molecule has 2 unspecified atom stereocenters. The van der Waals surface area contributed by atoms with Gasteiger partial charge in [0.25, 0.3) is 0 Å². The predicted octanol–water partition coefficient (Wildman–Crippen LogP) is 2.80. The van der Waals surface area contributed by atoms with Gasteiger partial charge < -0.3 is 5.73 Å². The first-order valence-corrected chi connectivity index (χ1v) is 5.26. The minimum Gasteiger partial charge on any atom is -0.330 e. The molecule has 0 aromatic rings. The number of hydrogen-bond acceptors (Lipinski definition) is 1. The second kappa shape index (κ2) is 3.78. The Hall–Kier alpha value is -0.0400. The first kappa shape index (κ1) is 10.0. The van der Waals surface area contributed by atoms with Crippen LogP contribution in [-0.2, 0) is 0 Å². The van der Waals surface area contributed by atoms with Crippen LogP contribution in [0.25, 0.3) is 0 Å². The largest absolute Gasteiger partial charge is 0.330 e. The normalized spacial score (nSPS) is 32.0. The van der Waals surface area contributed by atoms with Crippen molar-refractivity contribution < 1.29 is 0 Å². The highest BCUT2D eigenvalue weighted by Crippen LogP contribution is 2.41. The molecule has 0 heterocycles. The Morgan fingerprint density at radius 1 is 1.17 bits per heavy atom. The van der Waals surface area contributed by atoms with Crippen molar-refractivity contribution in [2.45, 2.75) is 46.5 Å². The molecule has 2 atom stereocenters. The second-order valence-corrected chi connectivity index (χ2v) is 5.25. The smallest absolute Gasteiger partial charge is 0.00460 e. The molecule has 72 valence electrons. The summed E-state index contributed by atoms with van der Waals surface area (Å²) in [6.45, 7) is 7.95. The van der Waals surface area contributed by atoms with E-state index in [1.54, 1.807) is 0 Å². The highest BCUT2D eigenvalue weighted by atomic mass is 14.6. The van der Waals surface area contributed by atoms with Crippen LogP contribution in [0.5, 0.6) is 0 Å². The van der Waals surface area contributed by atoms with Crippen molar-refractivity contribution in [3.05, 3.63) is 0 Å². The lowest BCUT2D eigenvalue weighted by Crippen LogP contribution is -2.35. The predicted molar refractivity (Wildman–Crippen MR) is 54.0 cm³/mol. The van der Waals surface area contributed by atoms with E-state index in [2.05, 4.69) is 20.8 Å². The summed E-state index contributed by atoms with van der Waals surface area (Å²) in [5, 5.41) is 0. The summed E-state index contributed by atoms with van der Waals surface area (Å²) in [4.78, 5) is 0. The molecular formula is C11H23N. The number of rotatable bonds is 1. The summed E-state index contributed by atoms with van der Waals surface area (Å²) in [6.07, 6.45) is 5.57. The third-order valence-electron chi connectivity index (χ3n) is 3.32. The minimum absolute atomic E-state index is 0.463. The van der Waals surface area contributed by atoms with Crippen molar-refractivity contribution in [3.63, 3.8) is 0 Å². The van der Waals surface area contributed by atoms with Crippen molar-refractivity contribution in [1.82, 2.24) is 0 Å². The van der Waals surface area contributed by atoms with Crippen molar-refractivity contribution in [2.75, 3.05) is 6.54 Å². The zero-order valence-electron chi connectivity index (χ0n) is 8.77. The van der Waals surface area contributed by atoms with Crippen LogP contribution in [0.3, 0.4) is 0 Å². The standard InChI is InChI=1S/C11H23N/c1-11(2,3)10-7-5-4-6-9(10)8-12/h9-10H,4-8,12H2,1-3H3. The van der Waals surface area contributed by atoms with E-state index in [0.717, 1.165) is 18.4 Å². The Bertz CT molecular complexity index is 134. The maximum Gasteiger partial charge on any atom is -0.00460 e. The second-order valence-electron chi connectivity index (χ2n) is 5.25. The minimum atomic E-state index is 0.463. The van der Waals surface area contributed by atoms with E-state index in [0.29, 0.717) is 5.41 Å². The third-order valence-corrected chi connectivity index (χ3v) is 3.32. The van der Waals surface area contributed by atoms with Crippen LogP contribution < -0.4 is 5.73 Å². The summed E-state index contributed by atoms with van der Waals surface area (Å²) in [7, 11) is 0. The van der Waals surface area contributed by atoms with Gasteiger partial charge in [0.15, 0.2) is 0 Å². The summed E-state index contributed by atoms with van der Waals surface area (Å²) >= 11 is 0. The average Bonchev–Trinajstić information content (AvgIpc) is 2.03. The van der Waals surface area contributed by atoms with E-state index in [4.69, 9.17) is 5.73 Å². The molecule has 1 rings (SSSR count). The van der Waals surface area contributed by atoms with Gasteiger partial charge in [-0.1, -0.05) is 33.6 Å². The Kier molecular flexibility index (Phi) is 3.16. The van der Waals surface area contributed by atoms with Crippen LogP contribution in [0, 0.1) is 17.3 Å². The molecule has 1 fully saturated rings. The van der Waals surface area contributed by atoms with E-state index in [1.807, 2.05) is 0 Å². The van der Waals surface area contributed by atoms with Gasteiger partial charge in [0.2, 0.25) is 0 Å². The molecule has 0 bridgehead atoms. The van der Waals surface area contributed by atoms with Gasteiger partial charge in [0.1, 0.15) is 0 Å². The lowest BCUT2D eigenvalue weighted by Gasteiger charge is -2.40. The van der Waals surface area contributed by atoms with Crippen molar-refractivity contribution in [3.8, 4) is 0 Å². The molecule has 1 heteroatoms. The maximum atomic E-state index is 5.79. The molecule has 1 aliphatic rings. The first-order chi connectivity index (χ1) is 5.55. The fourth-order valence-corrected chi connectivity index (χ4v) is 2.63. The molecule has 2 N–H and O–H groups in total. The van der Waals surface area contributed by atoms with Gasteiger partial charge in [-0.05, 0) is 36.6 Å². The molecule has 0 saturated heterocycles. The van der Waals surface area contributed by atoms with Crippen LogP contribution in [0.1, 0.15) is 46.5 Å². The molecule has 0 radical (unpaired) electrons. The molecule has 0 amide bonds. The molecule has 0 aliphatic heterocycles. The molecule has 0 aromatic heterocycles. The van der Waals surface area contributed by atoms with E-state index >= 15 is 0 Å². The molecule has 0 spiro atoms. The summed E-state index contributed by atoms with van der Waals surface area (Å²) < 4.78 is 0. The van der Waals surface area contributed by atoms with Crippen molar-refractivity contribution in [2.24, 2.45) is 23.0 Å². The Balaban J connectivity index is 2.59. The number of hydrogen-bond donors (Lipinski definition) is 1. The summed E-state index contributed by atoms with van der Waals surface area (Å²) in [5.74, 6) is 1.65. The zero-order valence-corrected chi connectivity index (χ0v) is 8.77. The van der Waals surface area contributed by atoms with Crippen LogP contribution in [-0.4, -0.2) is 6.54 Å². The first-order valence-electron chi connectivity index (χ1n) is 5.26. The molecule has 12 heavy (non-hydrogen) atoms. The SMILES string of the molecule is CC(C)(C)C1CCCCC1CN. The van der Waals surface area contributed by atoms with Gasteiger partial charge in [-0.2, -0.15) is 0 Å². The van der Waals surface area contributed by atoms with E-state index in [9.17, 15) is 0 Å².